The van der Waals surface area contributed by atoms with Gasteiger partial charge in [-0.3, -0.25) is 0 Å². The van der Waals surface area contributed by atoms with E-state index in [4.69, 9.17) is 45.6 Å². The topological polar surface area (TPSA) is 59.0 Å². The smallest absolute Gasteiger partial charge is 0.221 e. The van der Waals surface area contributed by atoms with Crippen LogP contribution in [0.5, 0.6) is 0 Å². The number of hydrogen-bond acceptors (Lipinski definition) is 3. The minimum absolute atomic E-state index is 0.0317. The van der Waals surface area contributed by atoms with E-state index in [9.17, 15) is 5.26 Å². The number of benzene rings is 1. The molecule has 0 heterocycles. The molecule has 0 aliphatic rings. The first-order valence-corrected chi connectivity index (χ1v) is 10.1. The van der Waals surface area contributed by atoms with Gasteiger partial charge in [0.15, 0.2) is 8.32 Å². The van der Waals surface area contributed by atoms with Crippen molar-refractivity contribution in [2.24, 2.45) is 5.73 Å². The van der Waals surface area contributed by atoms with Gasteiger partial charge in [0.1, 0.15) is 11.1 Å². The molecule has 0 fully saturated rings. The van der Waals surface area contributed by atoms with Crippen LogP contribution in [0.4, 0.5) is 0 Å². The lowest BCUT2D eigenvalue weighted by Gasteiger charge is -2.33. The molecule has 1 atom stereocenters. The number of nitriles is 1. The van der Waals surface area contributed by atoms with E-state index < -0.39 is 13.9 Å². The first-order valence-electron chi connectivity index (χ1n) is 5.49. The molecule has 1 aromatic carbocycles. The Labute approximate surface area is 129 Å². The van der Waals surface area contributed by atoms with E-state index in [0.29, 0.717) is 15.6 Å². The molecule has 102 valence electrons. The SMILES string of the molecule is C[Si](C)(C)OC(C#N)(C(N)=S)c1ccc(Cl)c(Cl)c1. The van der Waals surface area contributed by atoms with Crippen LogP contribution in [0.3, 0.4) is 0 Å². The van der Waals surface area contributed by atoms with Crippen molar-refractivity contribution in [1.82, 2.24) is 0 Å². The highest BCUT2D eigenvalue weighted by Crippen LogP contribution is 2.33. The lowest BCUT2D eigenvalue weighted by Crippen LogP contribution is -2.47. The fraction of sp³-hybridized carbons (Fsp3) is 0.333. The molecule has 0 saturated carbocycles. The summed E-state index contributed by atoms with van der Waals surface area (Å²) in [6, 6.07) is 6.88. The molecule has 7 heteroatoms. The van der Waals surface area contributed by atoms with Crippen LogP contribution in [0.1, 0.15) is 5.56 Å². The van der Waals surface area contributed by atoms with Gasteiger partial charge in [-0.05, 0) is 31.8 Å². The Hall–Kier alpha value is -0.643. The largest absolute Gasteiger partial charge is 0.391 e. The number of thiocarbonyl (C=S) groups is 1. The van der Waals surface area contributed by atoms with Crippen LogP contribution in [0.15, 0.2) is 18.2 Å². The minimum Gasteiger partial charge on any atom is -0.391 e. The van der Waals surface area contributed by atoms with Crippen LogP contribution in [0, 0.1) is 11.3 Å². The lowest BCUT2D eigenvalue weighted by atomic mass is 9.95. The van der Waals surface area contributed by atoms with E-state index in [0.717, 1.165) is 0 Å². The van der Waals surface area contributed by atoms with Crippen LogP contribution in [0.2, 0.25) is 29.7 Å². The molecule has 0 aromatic heterocycles. The highest BCUT2D eigenvalue weighted by Gasteiger charge is 2.41. The highest BCUT2D eigenvalue weighted by molar-refractivity contribution is 7.80. The molecule has 0 aliphatic carbocycles. The van der Waals surface area contributed by atoms with Crippen LogP contribution < -0.4 is 5.73 Å². The number of halogens is 2. The van der Waals surface area contributed by atoms with Crippen molar-refractivity contribution in [2.45, 2.75) is 25.2 Å². The predicted molar refractivity (Wildman–Crippen MR) is 85.0 cm³/mol. The summed E-state index contributed by atoms with van der Waals surface area (Å²) in [6.07, 6.45) is 0. The van der Waals surface area contributed by atoms with Crippen LogP contribution in [0.25, 0.3) is 0 Å². The zero-order chi connectivity index (χ0) is 14.8. The summed E-state index contributed by atoms with van der Waals surface area (Å²) in [7, 11) is -2.06. The maximum atomic E-state index is 9.53. The Bertz CT molecular complexity index is 554. The van der Waals surface area contributed by atoms with Crippen LogP contribution in [-0.4, -0.2) is 13.3 Å². The molecule has 1 unspecified atom stereocenters. The Balaban J connectivity index is 3.43. The maximum absolute atomic E-state index is 9.53. The van der Waals surface area contributed by atoms with E-state index in [1.54, 1.807) is 18.2 Å². The van der Waals surface area contributed by atoms with Gasteiger partial charge in [-0.1, -0.05) is 41.5 Å². The minimum atomic E-state index is -2.06. The van der Waals surface area contributed by atoms with Crippen LogP contribution in [-0.2, 0) is 10.0 Å². The second-order valence-corrected chi connectivity index (χ2v) is 10.7. The van der Waals surface area contributed by atoms with Gasteiger partial charge < -0.3 is 10.2 Å². The molecule has 0 aliphatic heterocycles. The maximum Gasteiger partial charge on any atom is 0.221 e. The van der Waals surface area contributed by atoms with E-state index in [1.165, 1.54) is 0 Å². The molecule has 3 nitrogen and oxygen atoms in total. The molecule has 19 heavy (non-hydrogen) atoms. The zero-order valence-corrected chi connectivity index (χ0v) is 14.2. The molecule has 0 spiro atoms. The molecule has 0 saturated heterocycles. The fourth-order valence-electron chi connectivity index (χ4n) is 1.57. The second-order valence-electron chi connectivity index (χ2n) is 5.00. The van der Waals surface area contributed by atoms with E-state index in [1.807, 2.05) is 19.6 Å². The Kier molecular flexibility index (Phi) is 4.99. The summed E-state index contributed by atoms with van der Waals surface area (Å²) in [5.41, 5.74) is 4.77. The Morgan fingerprint density at radius 3 is 2.32 bits per heavy atom. The Morgan fingerprint density at radius 2 is 1.95 bits per heavy atom. The fourth-order valence-corrected chi connectivity index (χ4v) is 3.34. The average Bonchev–Trinajstić information content (AvgIpc) is 2.28. The first kappa shape index (κ1) is 16.4. The van der Waals surface area contributed by atoms with Crippen molar-refractivity contribution in [3.8, 4) is 6.07 Å². The molecule has 2 N–H and O–H groups in total. The average molecular weight is 333 g/mol. The van der Waals surface area contributed by atoms with Gasteiger partial charge in [0.25, 0.3) is 0 Å². The third-order valence-electron chi connectivity index (χ3n) is 2.29. The predicted octanol–water partition coefficient (Wildman–Crippen LogP) is 3.85. The molecule has 1 rings (SSSR count). The number of rotatable bonds is 4. The summed E-state index contributed by atoms with van der Waals surface area (Å²) in [4.78, 5) is -0.0317. The molecule has 1 aromatic rings. The van der Waals surface area contributed by atoms with Gasteiger partial charge >= 0.3 is 0 Å². The summed E-state index contributed by atoms with van der Waals surface area (Å²) in [5.74, 6) is 0. The van der Waals surface area contributed by atoms with Crippen molar-refractivity contribution in [2.75, 3.05) is 0 Å². The zero-order valence-electron chi connectivity index (χ0n) is 10.8. The quantitative estimate of drug-likeness (QED) is 0.672. The number of nitrogens with zero attached hydrogens (tertiary/aromatic N) is 1. The van der Waals surface area contributed by atoms with Crippen LogP contribution >= 0.6 is 35.4 Å². The van der Waals surface area contributed by atoms with Gasteiger partial charge in [-0.15, -0.1) is 0 Å². The van der Waals surface area contributed by atoms with Gasteiger partial charge in [0, 0.05) is 5.56 Å². The molecular formula is C12H14Cl2N2OSSi. The van der Waals surface area contributed by atoms with Gasteiger partial charge in [-0.25, -0.2) is 0 Å². The summed E-state index contributed by atoms with van der Waals surface area (Å²) in [6.45, 7) is 5.86. The van der Waals surface area contributed by atoms with Gasteiger partial charge in [0.05, 0.1) is 10.0 Å². The first-order chi connectivity index (χ1) is 8.62. The van der Waals surface area contributed by atoms with Crippen molar-refractivity contribution in [3.05, 3.63) is 33.8 Å². The van der Waals surface area contributed by atoms with Crippen molar-refractivity contribution in [1.29, 1.82) is 5.26 Å². The standard InChI is InChI=1S/C12H14Cl2N2OSSi/c1-19(2,3)17-12(7-15,11(16)18)8-4-5-9(13)10(14)6-8/h4-6H,1-3H3,(H2,16,18). The van der Waals surface area contributed by atoms with Crippen molar-refractivity contribution < 1.29 is 4.43 Å². The molecule has 0 amide bonds. The highest BCUT2D eigenvalue weighted by atomic mass is 35.5. The van der Waals surface area contributed by atoms with Gasteiger partial charge in [-0.2, -0.15) is 5.26 Å². The second kappa shape index (κ2) is 5.78. The van der Waals surface area contributed by atoms with E-state index in [-0.39, 0.29) is 4.99 Å². The van der Waals surface area contributed by atoms with Crippen molar-refractivity contribution >= 4 is 48.7 Å². The Morgan fingerprint density at radius 1 is 1.37 bits per heavy atom. The van der Waals surface area contributed by atoms with E-state index in [2.05, 4.69) is 6.07 Å². The monoisotopic (exact) mass is 332 g/mol. The summed E-state index contributed by atoms with van der Waals surface area (Å²) >= 11 is 16.9. The molecule has 0 radical (unpaired) electrons. The summed E-state index contributed by atoms with van der Waals surface area (Å²) < 4.78 is 5.93. The van der Waals surface area contributed by atoms with Gasteiger partial charge in [0.2, 0.25) is 5.60 Å². The number of nitrogens with two attached hydrogens (primary N) is 1. The van der Waals surface area contributed by atoms with Crippen molar-refractivity contribution in [3.63, 3.8) is 0 Å². The van der Waals surface area contributed by atoms with E-state index >= 15 is 0 Å². The summed E-state index contributed by atoms with van der Waals surface area (Å²) in [5, 5.41) is 10.3. The molecule has 0 bridgehead atoms. The number of hydrogen-bond donors (Lipinski definition) is 1. The normalized spacial score (nSPS) is 14.5. The third-order valence-corrected chi connectivity index (χ3v) is 4.23. The molecular weight excluding hydrogens is 319 g/mol. The third kappa shape index (κ3) is 3.68. The lowest BCUT2D eigenvalue weighted by molar-refractivity contribution is 0.195.